The standard InChI is InChI=1S/C13H17NO2S/c1-16-12(9-11-5-3-2-4-6-11)13(15)14-7-8-17-10-14/h2-6,12H,7-10H2,1H3. The van der Waals surface area contributed by atoms with Gasteiger partial charge in [-0.2, -0.15) is 0 Å². The van der Waals surface area contributed by atoms with Gasteiger partial charge >= 0.3 is 0 Å². The third-order valence-electron chi connectivity index (χ3n) is 2.89. The van der Waals surface area contributed by atoms with Gasteiger partial charge in [-0.3, -0.25) is 4.79 Å². The van der Waals surface area contributed by atoms with Crippen molar-refractivity contribution in [2.45, 2.75) is 12.5 Å². The molecule has 1 amide bonds. The minimum atomic E-state index is -0.351. The van der Waals surface area contributed by atoms with Crippen LogP contribution in [0.5, 0.6) is 0 Å². The van der Waals surface area contributed by atoms with Crippen LogP contribution in [0.4, 0.5) is 0 Å². The number of carbonyl (C=O) groups excluding carboxylic acids is 1. The summed E-state index contributed by atoms with van der Waals surface area (Å²) in [5, 5.41) is 0. The molecule has 0 N–H and O–H groups in total. The number of methoxy groups -OCH3 is 1. The second kappa shape index (κ2) is 6.07. The zero-order valence-corrected chi connectivity index (χ0v) is 10.8. The molecule has 1 aromatic rings. The van der Waals surface area contributed by atoms with Crippen molar-refractivity contribution in [3.05, 3.63) is 35.9 Å². The van der Waals surface area contributed by atoms with Gasteiger partial charge in [0.2, 0.25) is 0 Å². The molecule has 0 bridgehead atoms. The Morgan fingerprint density at radius 2 is 2.24 bits per heavy atom. The topological polar surface area (TPSA) is 29.5 Å². The van der Waals surface area contributed by atoms with Gasteiger partial charge in [-0.1, -0.05) is 30.3 Å². The molecule has 0 saturated carbocycles. The lowest BCUT2D eigenvalue weighted by atomic mass is 10.1. The van der Waals surface area contributed by atoms with Crippen molar-refractivity contribution in [1.29, 1.82) is 0 Å². The number of hydrogen-bond acceptors (Lipinski definition) is 3. The summed E-state index contributed by atoms with van der Waals surface area (Å²) in [6, 6.07) is 10.00. The molecule has 1 unspecified atom stereocenters. The Kier molecular flexibility index (Phi) is 4.45. The molecule has 1 aliphatic rings. The van der Waals surface area contributed by atoms with Gasteiger partial charge < -0.3 is 9.64 Å². The number of nitrogens with zero attached hydrogens (tertiary/aromatic N) is 1. The number of benzene rings is 1. The quantitative estimate of drug-likeness (QED) is 0.817. The Labute approximate surface area is 106 Å². The van der Waals surface area contributed by atoms with E-state index in [-0.39, 0.29) is 12.0 Å². The summed E-state index contributed by atoms with van der Waals surface area (Å²) in [5.41, 5.74) is 1.14. The molecule has 1 fully saturated rings. The smallest absolute Gasteiger partial charge is 0.252 e. The highest BCUT2D eigenvalue weighted by Crippen LogP contribution is 2.16. The predicted octanol–water partition coefficient (Wildman–Crippen LogP) is 1.78. The first kappa shape index (κ1) is 12.5. The number of thioether (sulfide) groups is 1. The lowest BCUT2D eigenvalue weighted by Gasteiger charge is -2.21. The van der Waals surface area contributed by atoms with E-state index in [0.29, 0.717) is 6.42 Å². The van der Waals surface area contributed by atoms with Gasteiger partial charge in [0.1, 0.15) is 6.10 Å². The first-order chi connectivity index (χ1) is 8.31. The first-order valence-corrected chi connectivity index (χ1v) is 6.90. The van der Waals surface area contributed by atoms with Crippen LogP contribution >= 0.6 is 11.8 Å². The molecule has 1 saturated heterocycles. The molecule has 92 valence electrons. The Morgan fingerprint density at radius 1 is 1.47 bits per heavy atom. The lowest BCUT2D eigenvalue weighted by molar-refractivity contribution is -0.140. The molecule has 0 aromatic heterocycles. The fourth-order valence-corrected chi connectivity index (χ4v) is 2.85. The third kappa shape index (κ3) is 3.23. The molecule has 3 nitrogen and oxygen atoms in total. The van der Waals surface area contributed by atoms with Crippen LogP contribution in [0.25, 0.3) is 0 Å². The lowest BCUT2D eigenvalue weighted by Crippen LogP contribution is -2.39. The van der Waals surface area contributed by atoms with Crippen LogP contribution in [0.2, 0.25) is 0 Å². The minimum Gasteiger partial charge on any atom is -0.371 e. The second-order valence-electron chi connectivity index (χ2n) is 4.05. The molecule has 0 spiro atoms. The molecule has 1 aromatic carbocycles. The van der Waals surface area contributed by atoms with E-state index >= 15 is 0 Å². The number of rotatable bonds is 4. The summed E-state index contributed by atoms with van der Waals surface area (Å²) >= 11 is 1.79. The number of hydrogen-bond donors (Lipinski definition) is 0. The molecule has 1 aliphatic heterocycles. The van der Waals surface area contributed by atoms with Crippen molar-refractivity contribution in [3.63, 3.8) is 0 Å². The molecule has 4 heteroatoms. The molecular formula is C13H17NO2S. The van der Waals surface area contributed by atoms with E-state index in [1.807, 2.05) is 35.2 Å². The molecule has 1 heterocycles. The highest BCUT2D eigenvalue weighted by atomic mass is 32.2. The van der Waals surface area contributed by atoms with Gasteiger partial charge in [0.05, 0.1) is 5.88 Å². The van der Waals surface area contributed by atoms with E-state index in [0.717, 1.165) is 23.7 Å². The monoisotopic (exact) mass is 251 g/mol. The Bertz CT molecular complexity index is 363. The summed E-state index contributed by atoms with van der Waals surface area (Å²) in [4.78, 5) is 14.0. The predicted molar refractivity (Wildman–Crippen MR) is 70.0 cm³/mol. The maximum Gasteiger partial charge on any atom is 0.252 e. The highest BCUT2D eigenvalue weighted by molar-refractivity contribution is 7.99. The summed E-state index contributed by atoms with van der Waals surface area (Å²) in [5.74, 6) is 1.95. The Balaban J connectivity index is 1.98. The van der Waals surface area contributed by atoms with Crippen LogP contribution in [0.1, 0.15) is 5.56 Å². The van der Waals surface area contributed by atoms with Crippen LogP contribution in [-0.2, 0) is 16.0 Å². The normalized spacial score (nSPS) is 17.1. The Morgan fingerprint density at radius 3 is 2.82 bits per heavy atom. The summed E-state index contributed by atoms with van der Waals surface area (Å²) in [7, 11) is 1.61. The zero-order chi connectivity index (χ0) is 12.1. The van der Waals surface area contributed by atoms with E-state index in [1.54, 1.807) is 18.9 Å². The van der Waals surface area contributed by atoms with Crippen LogP contribution in [0, 0.1) is 0 Å². The maximum atomic E-state index is 12.2. The van der Waals surface area contributed by atoms with E-state index in [4.69, 9.17) is 4.74 Å². The molecule has 17 heavy (non-hydrogen) atoms. The van der Waals surface area contributed by atoms with Crippen LogP contribution in [0.3, 0.4) is 0 Å². The van der Waals surface area contributed by atoms with Gasteiger partial charge in [0, 0.05) is 25.8 Å². The van der Waals surface area contributed by atoms with E-state index in [9.17, 15) is 4.79 Å². The second-order valence-corrected chi connectivity index (χ2v) is 5.13. The number of amides is 1. The number of carbonyl (C=O) groups is 1. The average Bonchev–Trinajstić information content (AvgIpc) is 2.90. The van der Waals surface area contributed by atoms with Crippen molar-refractivity contribution in [2.75, 3.05) is 25.3 Å². The molecular weight excluding hydrogens is 234 g/mol. The van der Waals surface area contributed by atoms with Crippen LogP contribution in [-0.4, -0.2) is 42.2 Å². The van der Waals surface area contributed by atoms with Crippen LogP contribution in [0.15, 0.2) is 30.3 Å². The molecule has 1 atom stereocenters. The van der Waals surface area contributed by atoms with Crippen molar-refractivity contribution >= 4 is 17.7 Å². The van der Waals surface area contributed by atoms with E-state index in [1.165, 1.54) is 0 Å². The van der Waals surface area contributed by atoms with E-state index < -0.39 is 0 Å². The Hall–Kier alpha value is -1.00. The fourth-order valence-electron chi connectivity index (χ4n) is 1.89. The average molecular weight is 251 g/mol. The molecule has 0 aliphatic carbocycles. The minimum absolute atomic E-state index is 0.112. The van der Waals surface area contributed by atoms with Gasteiger partial charge in [0.15, 0.2) is 0 Å². The van der Waals surface area contributed by atoms with Crippen molar-refractivity contribution in [3.8, 4) is 0 Å². The molecule has 2 rings (SSSR count). The van der Waals surface area contributed by atoms with Crippen molar-refractivity contribution in [1.82, 2.24) is 4.90 Å². The third-order valence-corrected chi connectivity index (χ3v) is 3.85. The van der Waals surface area contributed by atoms with E-state index in [2.05, 4.69) is 0 Å². The highest BCUT2D eigenvalue weighted by Gasteiger charge is 2.26. The van der Waals surface area contributed by atoms with Crippen LogP contribution < -0.4 is 0 Å². The zero-order valence-electron chi connectivity index (χ0n) is 9.96. The van der Waals surface area contributed by atoms with Crippen molar-refractivity contribution in [2.24, 2.45) is 0 Å². The fraction of sp³-hybridized carbons (Fsp3) is 0.462. The SMILES string of the molecule is COC(Cc1ccccc1)C(=O)N1CCSC1. The maximum absolute atomic E-state index is 12.2. The summed E-state index contributed by atoms with van der Waals surface area (Å²) in [6.07, 6.45) is 0.299. The van der Waals surface area contributed by atoms with Crippen molar-refractivity contribution < 1.29 is 9.53 Å². The van der Waals surface area contributed by atoms with Gasteiger partial charge in [-0.15, -0.1) is 11.8 Å². The number of ether oxygens (including phenoxy) is 1. The van der Waals surface area contributed by atoms with Gasteiger partial charge in [-0.25, -0.2) is 0 Å². The van der Waals surface area contributed by atoms with Gasteiger partial charge in [0.25, 0.3) is 5.91 Å². The first-order valence-electron chi connectivity index (χ1n) is 5.74. The van der Waals surface area contributed by atoms with Gasteiger partial charge in [-0.05, 0) is 5.56 Å². The molecule has 0 radical (unpaired) electrons. The summed E-state index contributed by atoms with van der Waals surface area (Å²) in [6.45, 7) is 0.845. The summed E-state index contributed by atoms with van der Waals surface area (Å²) < 4.78 is 5.33. The largest absolute Gasteiger partial charge is 0.371 e.